The zero-order valence-corrected chi connectivity index (χ0v) is 19.5. The lowest BCUT2D eigenvalue weighted by Gasteiger charge is -2.41. The van der Waals surface area contributed by atoms with Gasteiger partial charge in [-0.1, -0.05) is 24.3 Å². The molecule has 34 heavy (non-hydrogen) atoms. The molecule has 176 valence electrons. The highest BCUT2D eigenvalue weighted by atomic mass is 16.5. The van der Waals surface area contributed by atoms with E-state index >= 15 is 0 Å². The highest BCUT2D eigenvalue weighted by Gasteiger charge is 2.57. The average molecular weight is 459 g/mol. The van der Waals surface area contributed by atoms with E-state index in [9.17, 15) is 4.79 Å². The molecule has 0 radical (unpaired) electrons. The van der Waals surface area contributed by atoms with E-state index in [0.717, 1.165) is 61.6 Å². The third-order valence-electron chi connectivity index (χ3n) is 7.57. The number of nitrogens with one attached hydrogen (secondary N) is 1. The summed E-state index contributed by atoms with van der Waals surface area (Å²) in [6.07, 6.45) is 7.62. The van der Waals surface area contributed by atoms with Gasteiger partial charge in [-0.2, -0.15) is 0 Å². The first-order valence-electron chi connectivity index (χ1n) is 12.2. The Morgan fingerprint density at radius 1 is 1.12 bits per heavy atom. The van der Waals surface area contributed by atoms with Crippen molar-refractivity contribution >= 4 is 11.6 Å². The first-order valence-corrected chi connectivity index (χ1v) is 12.2. The van der Waals surface area contributed by atoms with E-state index in [1.807, 2.05) is 24.3 Å². The minimum atomic E-state index is -1.03. The van der Waals surface area contributed by atoms with Crippen LogP contribution in [0, 0.1) is 0 Å². The van der Waals surface area contributed by atoms with Crippen LogP contribution in [0.1, 0.15) is 54.3 Å². The lowest BCUT2D eigenvalue weighted by Crippen LogP contribution is -2.51. The summed E-state index contributed by atoms with van der Waals surface area (Å²) in [6, 6.07) is 14.2. The predicted molar refractivity (Wildman–Crippen MR) is 129 cm³/mol. The number of ether oxygens (including phenoxy) is 1. The molecular weight excluding hydrogens is 428 g/mol. The minimum Gasteiger partial charge on any atom is -0.496 e. The zero-order valence-electron chi connectivity index (χ0n) is 19.5. The number of amides is 1. The van der Waals surface area contributed by atoms with Crippen LogP contribution in [0.4, 0.5) is 5.69 Å². The molecule has 2 fully saturated rings. The van der Waals surface area contributed by atoms with Crippen molar-refractivity contribution < 1.29 is 13.9 Å². The van der Waals surface area contributed by atoms with Crippen molar-refractivity contribution in [2.45, 2.75) is 43.8 Å². The maximum absolute atomic E-state index is 14.1. The van der Waals surface area contributed by atoms with Gasteiger partial charge in [0.2, 0.25) is 5.89 Å². The molecular formula is C27H30N4O3. The number of carbonyl (C=O) groups excluding carboxylic acids is 1. The molecule has 0 bridgehead atoms. The smallest absolute Gasteiger partial charge is 0.254 e. The summed E-state index contributed by atoms with van der Waals surface area (Å²) in [4.78, 5) is 23.3. The van der Waals surface area contributed by atoms with Gasteiger partial charge in [0.25, 0.3) is 5.91 Å². The Morgan fingerprint density at radius 2 is 1.97 bits per heavy atom. The number of nitrogens with zero attached hydrogens (tertiary/aromatic N) is 3. The van der Waals surface area contributed by atoms with E-state index in [2.05, 4.69) is 38.3 Å². The van der Waals surface area contributed by atoms with Crippen molar-refractivity contribution in [2.75, 3.05) is 32.1 Å². The zero-order chi connectivity index (χ0) is 23.1. The first-order chi connectivity index (χ1) is 16.7. The van der Waals surface area contributed by atoms with Crippen LogP contribution in [0.3, 0.4) is 0 Å². The summed E-state index contributed by atoms with van der Waals surface area (Å²) in [7, 11) is 1.68. The van der Waals surface area contributed by atoms with Crippen LogP contribution in [-0.4, -0.2) is 47.4 Å². The summed E-state index contributed by atoms with van der Waals surface area (Å²) in [5.74, 6) is 1.32. The largest absolute Gasteiger partial charge is 0.496 e. The van der Waals surface area contributed by atoms with E-state index < -0.39 is 5.54 Å². The number of fused-ring (bicyclic) bond motifs is 1. The quantitative estimate of drug-likeness (QED) is 0.594. The fourth-order valence-corrected chi connectivity index (χ4v) is 6.11. The number of oxazole rings is 1. The van der Waals surface area contributed by atoms with Gasteiger partial charge in [-0.05, 0) is 62.5 Å². The molecule has 3 aliphatic heterocycles. The third-order valence-corrected chi connectivity index (χ3v) is 7.57. The molecule has 0 saturated carbocycles. The van der Waals surface area contributed by atoms with Gasteiger partial charge in [0.05, 0.1) is 19.3 Å². The SMILES string of the molecule is COc1ccc(CN2CCCC2)cc1C1(N2CCCC2c2ncco2)C(=O)Nc2ccccc21. The number of aromatic nitrogens is 1. The van der Waals surface area contributed by atoms with Crippen LogP contribution >= 0.6 is 0 Å². The average Bonchev–Trinajstić information content (AvgIpc) is 3.65. The molecule has 1 amide bonds. The molecule has 7 nitrogen and oxygen atoms in total. The standard InChI is InChI=1S/C27H30N4O3/c1-33-24-11-10-19(18-30-13-4-5-14-30)17-21(24)27(20-7-2-3-8-22(20)29-26(27)32)31-15-6-9-23(31)25-28-12-16-34-25/h2-3,7-8,10-12,16-17,23H,4-6,9,13-15,18H2,1H3,(H,29,32). The predicted octanol–water partition coefficient (Wildman–Crippen LogP) is 4.31. The van der Waals surface area contributed by atoms with Gasteiger partial charge < -0.3 is 14.5 Å². The first kappa shape index (κ1) is 21.4. The van der Waals surface area contributed by atoms with Crippen molar-refractivity contribution in [3.63, 3.8) is 0 Å². The Labute approximate surface area is 199 Å². The number of benzene rings is 2. The maximum Gasteiger partial charge on any atom is 0.254 e. The molecule has 0 spiro atoms. The highest BCUT2D eigenvalue weighted by molar-refractivity contribution is 6.08. The molecule has 0 aliphatic carbocycles. The summed E-state index contributed by atoms with van der Waals surface area (Å²) >= 11 is 0. The lowest BCUT2D eigenvalue weighted by atomic mass is 9.80. The molecule has 2 saturated heterocycles. The van der Waals surface area contributed by atoms with Gasteiger partial charge in [0.1, 0.15) is 12.0 Å². The molecule has 4 heterocycles. The molecule has 2 unspecified atom stereocenters. The van der Waals surface area contributed by atoms with Gasteiger partial charge in [-0.15, -0.1) is 0 Å². The van der Waals surface area contributed by atoms with Crippen molar-refractivity contribution in [3.05, 3.63) is 77.5 Å². The maximum atomic E-state index is 14.1. The molecule has 7 heteroatoms. The summed E-state index contributed by atoms with van der Waals surface area (Å²) in [6.45, 7) is 3.87. The molecule has 2 atom stereocenters. The van der Waals surface area contributed by atoms with Crippen LogP contribution < -0.4 is 10.1 Å². The topological polar surface area (TPSA) is 70.8 Å². The lowest BCUT2D eigenvalue weighted by molar-refractivity contribution is -0.126. The molecule has 3 aromatic rings. The number of rotatable bonds is 6. The molecule has 1 N–H and O–H groups in total. The van der Waals surface area contributed by atoms with Gasteiger partial charge in [-0.3, -0.25) is 14.6 Å². The number of hydrogen-bond acceptors (Lipinski definition) is 6. The Morgan fingerprint density at radius 3 is 2.76 bits per heavy atom. The summed E-state index contributed by atoms with van der Waals surface area (Å²) in [5, 5.41) is 3.18. The third kappa shape index (κ3) is 3.26. The van der Waals surface area contributed by atoms with E-state index in [-0.39, 0.29) is 11.9 Å². The number of anilines is 1. The second-order valence-corrected chi connectivity index (χ2v) is 9.45. The van der Waals surface area contributed by atoms with Gasteiger partial charge in [0.15, 0.2) is 5.54 Å². The minimum absolute atomic E-state index is 0.0521. The van der Waals surface area contributed by atoms with E-state index in [4.69, 9.17) is 9.15 Å². The molecule has 1 aromatic heterocycles. The van der Waals surface area contributed by atoms with Gasteiger partial charge in [0, 0.05) is 29.9 Å². The fourth-order valence-electron chi connectivity index (χ4n) is 6.11. The van der Waals surface area contributed by atoms with Crippen molar-refractivity contribution in [3.8, 4) is 5.75 Å². The van der Waals surface area contributed by atoms with Crippen LogP contribution in [0.15, 0.2) is 59.3 Å². The molecule has 2 aromatic carbocycles. The van der Waals surface area contributed by atoms with Crippen molar-refractivity contribution in [1.82, 2.24) is 14.8 Å². The Kier molecular flexibility index (Phi) is 5.38. The Balaban J connectivity index is 1.55. The monoisotopic (exact) mass is 458 g/mol. The second-order valence-electron chi connectivity index (χ2n) is 9.45. The Hall–Kier alpha value is -3.16. The normalized spacial score (nSPS) is 25.0. The molecule has 6 rings (SSSR count). The van der Waals surface area contributed by atoms with Crippen molar-refractivity contribution in [2.24, 2.45) is 0 Å². The van der Waals surface area contributed by atoms with Crippen molar-refractivity contribution in [1.29, 1.82) is 0 Å². The number of likely N-dealkylation sites (tertiary alicyclic amines) is 2. The summed E-state index contributed by atoms with van der Waals surface area (Å²) in [5.41, 5.74) is 2.85. The van der Waals surface area contributed by atoms with Crippen LogP contribution in [0.5, 0.6) is 5.75 Å². The number of hydrogen-bond donors (Lipinski definition) is 1. The molecule has 3 aliphatic rings. The highest BCUT2D eigenvalue weighted by Crippen LogP contribution is 2.53. The number of para-hydroxylation sites is 1. The summed E-state index contributed by atoms with van der Waals surface area (Å²) < 4.78 is 11.7. The van der Waals surface area contributed by atoms with Crippen LogP contribution in [0.2, 0.25) is 0 Å². The van der Waals surface area contributed by atoms with Crippen LogP contribution in [0.25, 0.3) is 0 Å². The number of carbonyl (C=O) groups is 1. The fraction of sp³-hybridized carbons (Fsp3) is 0.407. The van der Waals surface area contributed by atoms with Gasteiger partial charge >= 0.3 is 0 Å². The Bertz CT molecular complexity index is 1190. The van der Waals surface area contributed by atoms with E-state index in [0.29, 0.717) is 5.89 Å². The van der Waals surface area contributed by atoms with Crippen LogP contribution in [-0.2, 0) is 16.9 Å². The van der Waals surface area contributed by atoms with E-state index in [1.54, 1.807) is 19.6 Å². The van der Waals surface area contributed by atoms with Gasteiger partial charge in [-0.25, -0.2) is 4.98 Å². The van der Waals surface area contributed by atoms with E-state index in [1.165, 1.54) is 18.4 Å². The second kappa shape index (κ2) is 8.56. The number of methoxy groups -OCH3 is 1.